The molecule has 0 radical (unpaired) electrons. The van der Waals surface area contributed by atoms with Crippen LogP contribution >= 0.6 is 0 Å². The van der Waals surface area contributed by atoms with Crippen molar-refractivity contribution < 1.29 is 26.4 Å². The number of rotatable bonds is 15. The summed E-state index contributed by atoms with van der Waals surface area (Å²) < 4.78 is 55.9. The average Bonchev–Trinajstić information content (AvgIpc) is 2.98. The van der Waals surface area contributed by atoms with Gasteiger partial charge >= 0.3 is 0 Å². The maximum Gasteiger partial charge on any atom is 0.261 e. The van der Waals surface area contributed by atoms with Crippen molar-refractivity contribution in [2.45, 2.75) is 55.0 Å². The van der Waals surface area contributed by atoms with E-state index >= 15 is 0 Å². The van der Waals surface area contributed by atoms with Crippen LogP contribution in [0, 0.1) is 0 Å². The van der Waals surface area contributed by atoms with E-state index in [1.807, 2.05) is 32.8 Å². The molecular weight excluding hydrogens is 576 g/mol. The van der Waals surface area contributed by atoms with Gasteiger partial charge < -0.3 is 10.2 Å². The van der Waals surface area contributed by atoms with Crippen molar-refractivity contribution in [3.8, 4) is 0 Å². The van der Waals surface area contributed by atoms with E-state index in [0.29, 0.717) is 12.8 Å². The molecule has 0 fully saturated rings. The van der Waals surface area contributed by atoms with Gasteiger partial charge in [-0.25, -0.2) is 21.6 Å². The Hall–Kier alpha value is -3.58. The number of sulfonamides is 2. The van der Waals surface area contributed by atoms with Gasteiger partial charge in [0, 0.05) is 17.3 Å². The maximum atomic E-state index is 13.1. The molecule has 0 aromatic heterocycles. The molecule has 0 heterocycles. The zero-order chi connectivity index (χ0) is 30.9. The Morgan fingerprint density at radius 3 is 2.10 bits per heavy atom. The van der Waals surface area contributed by atoms with Crippen LogP contribution in [0.25, 0.3) is 0 Å². The second-order valence-electron chi connectivity index (χ2n) is 10.2. The lowest BCUT2D eigenvalue weighted by atomic mass is 10.0. The highest BCUT2D eigenvalue weighted by Gasteiger charge is 2.24. The molecule has 0 saturated heterocycles. The first-order chi connectivity index (χ1) is 19.8. The number of carbonyl (C=O) groups excluding carboxylic acids is 2. The fourth-order valence-corrected chi connectivity index (χ4v) is 6.16. The van der Waals surface area contributed by atoms with E-state index in [-0.39, 0.29) is 27.1 Å². The Morgan fingerprint density at radius 2 is 1.48 bits per heavy atom. The molecule has 0 aliphatic carbocycles. The first kappa shape index (κ1) is 32.9. The molecule has 0 spiro atoms. The van der Waals surface area contributed by atoms with Crippen LogP contribution in [0.1, 0.15) is 55.1 Å². The lowest BCUT2D eigenvalue weighted by molar-refractivity contribution is -0.120. The standard InChI is InChI=1S/C30H38N4O6S2/c1-5-6-15-28(29(35)21-31-41(37,38)26-13-8-7-9-14-26)32-30(36)24-11-10-12-25(20-24)33-42(39,40)27-18-16-23(17-19-27)22(2)34(3)4/h7-14,16-20,22,28,31,33H,5-6,15,21H2,1-4H3,(H,32,36). The van der Waals surface area contributed by atoms with Crippen LogP contribution < -0.4 is 14.8 Å². The molecule has 3 N–H and O–H groups in total. The minimum atomic E-state index is -3.93. The molecule has 0 bridgehead atoms. The Labute approximate surface area is 248 Å². The Morgan fingerprint density at radius 1 is 0.833 bits per heavy atom. The molecule has 3 aromatic carbocycles. The molecule has 3 aromatic rings. The van der Waals surface area contributed by atoms with Gasteiger partial charge in [-0.1, -0.05) is 56.2 Å². The summed E-state index contributed by atoms with van der Waals surface area (Å²) >= 11 is 0. The van der Waals surface area contributed by atoms with E-state index in [4.69, 9.17) is 0 Å². The summed E-state index contributed by atoms with van der Waals surface area (Å²) in [5.74, 6) is -1.07. The van der Waals surface area contributed by atoms with Gasteiger partial charge in [-0.05, 0) is 75.5 Å². The van der Waals surface area contributed by atoms with Gasteiger partial charge in [0.1, 0.15) is 0 Å². The molecule has 226 valence electrons. The second kappa shape index (κ2) is 14.5. The van der Waals surface area contributed by atoms with Gasteiger partial charge in [-0.15, -0.1) is 0 Å². The average molecular weight is 615 g/mol. The molecule has 0 saturated carbocycles. The number of unbranched alkanes of at least 4 members (excludes halogenated alkanes) is 1. The first-order valence-electron chi connectivity index (χ1n) is 13.6. The number of ketones is 1. The number of nitrogens with one attached hydrogen (secondary N) is 3. The third-order valence-corrected chi connectivity index (χ3v) is 9.67. The Bertz CT molecular complexity index is 1580. The third-order valence-electron chi connectivity index (χ3n) is 6.85. The lowest BCUT2D eigenvalue weighted by Crippen LogP contribution is -2.45. The zero-order valence-corrected chi connectivity index (χ0v) is 25.8. The summed E-state index contributed by atoms with van der Waals surface area (Å²) in [7, 11) is -3.94. The van der Waals surface area contributed by atoms with Gasteiger partial charge in [-0.3, -0.25) is 14.3 Å². The Kier molecular flexibility index (Phi) is 11.4. The number of benzene rings is 3. The predicted molar refractivity (Wildman–Crippen MR) is 163 cm³/mol. The third kappa shape index (κ3) is 8.96. The summed E-state index contributed by atoms with van der Waals surface area (Å²) in [5.41, 5.74) is 1.29. The summed E-state index contributed by atoms with van der Waals surface area (Å²) in [5, 5.41) is 2.69. The quantitative estimate of drug-likeness (QED) is 0.235. The molecule has 12 heteroatoms. The summed E-state index contributed by atoms with van der Waals surface area (Å²) in [6.07, 6.45) is 1.72. The molecule has 0 aliphatic heterocycles. The van der Waals surface area contributed by atoms with Crippen molar-refractivity contribution in [2.75, 3.05) is 25.4 Å². The summed E-state index contributed by atoms with van der Waals surface area (Å²) in [6.45, 7) is 3.47. The molecular formula is C30H38N4O6S2. The van der Waals surface area contributed by atoms with Crippen molar-refractivity contribution in [2.24, 2.45) is 0 Å². The van der Waals surface area contributed by atoms with Crippen molar-refractivity contribution in [3.63, 3.8) is 0 Å². The monoisotopic (exact) mass is 614 g/mol. The minimum absolute atomic E-state index is 0.0327. The maximum absolute atomic E-state index is 13.1. The second-order valence-corrected chi connectivity index (χ2v) is 13.6. The number of nitrogens with zero attached hydrogens (tertiary/aromatic N) is 1. The number of Topliss-reactive ketones (excluding diaryl/α,β-unsaturated/α-hetero) is 1. The fraction of sp³-hybridized carbons (Fsp3) is 0.333. The number of amides is 1. The van der Waals surface area contributed by atoms with Gasteiger partial charge in [0.15, 0.2) is 5.78 Å². The topological polar surface area (TPSA) is 142 Å². The number of hydrogen-bond donors (Lipinski definition) is 3. The largest absolute Gasteiger partial charge is 0.342 e. The van der Waals surface area contributed by atoms with E-state index in [9.17, 15) is 26.4 Å². The van der Waals surface area contributed by atoms with Crippen LogP contribution in [-0.4, -0.2) is 60.1 Å². The van der Waals surface area contributed by atoms with E-state index < -0.39 is 44.3 Å². The van der Waals surface area contributed by atoms with Crippen LogP contribution in [-0.2, 0) is 24.8 Å². The van der Waals surface area contributed by atoms with Crippen molar-refractivity contribution >= 4 is 37.4 Å². The molecule has 10 nitrogen and oxygen atoms in total. The van der Waals surface area contributed by atoms with Gasteiger partial charge in [0.25, 0.3) is 15.9 Å². The fourth-order valence-electron chi connectivity index (χ4n) is 4.10. The molecule has 42 heavy (non-hydrogen) atoms. The predicted octanol–water partition coefficient (Wildman–Crippen LogP) is 3.95. The first-order valence-corrected chi connectivity index (χ1v) is 16.6. The smallest absolute Gasteiger partial charge is 0.261 e. The zero-order valence-electron chi connectivity index (χ0n) is 24.2. The van der Waals surface area contributed by atoms with Gasteiger partial charge in [0.2, 0.25) is 10.0 Å². The van der Waals surface area contributed by atoms with Crippen molar-refractivity contribution in [3.05, 3.63) is 90.0 Å². The van der Waals surface area contributed by atoms with Crippen LogP contribution in [0.2, 0.25) is 0 Å². The Balaban J connectivity index is 1.70. The lowest BCUT2D eigenvalue weighted by Gasteiger charge is -2.20. The number of hydrogen-bond acceptors (Lipinski definition) is 7. The highest BCUT2D eigenvalue weighted by molar-refractivity contribution is 7.92. The van der Waals surface area contributed by atoms with E-state index in [1.165, 1.54) is 48.5 Å². The minimum Gasteiger partial charge on any atom is -0.342 e. The van der Waals surface area contributed by atoms with E-state index in [1.54, 1.807) is 30.3 Å². The summed E-state index contributed by atoms with van der Waals surface area (Å²) in [6, 6.07) is 19.4. The van der Waals surface area contributed by atoms with E-state index in [2.05, 4.69) is 14.8 Å². The number of carbonyl (C=O) groups is 2. The van der Waals surface area contributed by atoms with Crippen LogP contribution in [0.3, 0.4) is 0 Å². The highest BCUT2D eigenvalue weighted by Crippen LogP contribution is 2.22. The highest BCUT2D eigenvalue weighted by atomic mass is 32.2. The molecule has 2 unspecified atom stereocenters. The normalized spacial score (nSPS) is 13.4. The number of anilines is 1. The van der Waals surface area contributed by atoms with E-state index in [0.717, 1.165) is 12.0 Å². The van der Waals surface area contributed by atoms with Gasteiger partial charge in [-0.2, -0.15) is 0 Å². The van der Waals surface area contributed by atoms with Crippen LogP contribution in [0.15, 0.2) is 88.7 Å². The SMILES string of the molecule is CCCCC(NC(=O)c1cccc(NS(=O)(=O)c2ccc(C(C)N(C)C)cc2)c1)C(=O)CNS(=O)(=O)c1ccccc1. The molecule has 2 atom stereocenters. The molecule has 0 aliphatic rings. The summed E-state index contributed by atoms with van der Waals surface area (Å²) in [4.78, 5) is 28.2. The van der Waals surface area contributed by atoms with Crippen LogP contribution in [0.4, 0.5) is 5.69 Å². The molecule has 1 amide bonds. The van der Waals surface area contributed by atoms with Crippen molar-refractivity contribution in [1.82, 2.24) is 14.9 Å². The molecule has 3 rings (SSSR count). The van der Waals surface area contributed by atoms with Crippen LogP contribution in [0.5, 0.6) is 0 Å². The van der Waals surface area contributed by atoms with Gasteiger partial charge in [0.05, 0.1) is 22.4 Å². The van der Waals surface area contributed by atoms with Crippen molar-refractivity contribution in [1.29, 1.82) is 0 Å².